The van der Waals surface area contributed by atoms with Crippen molar-refractivity contribution >= 4 is 11.9 Å². The standard InChI is InChI=1S/C9H11FN4O2/c10-7-1-2-8(13-12-7)14-4-3-6(5-14)11-9(15)16/h1-2,6,11H,3-5H2,(H,15,16)/t6-/m1/s1. The average Bonchev–Trinajstić information content (AvgIpc) is 2.66. The minimum absolute atomic E-state index is 0.107. The molecule has 1 aromatic heterocycles. The third kappa shape index (κ3) is 2.36. The molecule has 0 radical (unpaired) electrons. The SMILES string of the molecule is O=C(O)N[C@@H]1CCN(c2ccc(F)nn2)C1. The highest BCUT2D eigenvalue weighted by molar-refractivity contribution is 5.65. The third-order valence-electron chi connectivity index (χ3n) is 2.46. The van der Waals surface area contributed by atoms with Crippen LogP contribution in [-0.2, 0) is 0 Å². The molecule has 1 aromatic rings. The summed E-state index contributed by atoms with van der Waals surface area (Å²) in [4.78, 5) is 12.3. The Morgan fingerprint density at radius 3 is 3.00 bits per heavy atom. The van der Waals surface area contributed by atoms with Crippen LogP contribution in [0.15, 0.2) is 12.1 Å². The van der Waals surface area contributed by atoms with Gasteiger partial charge in [-0.25, -0.2) is 4.79 Å². The molecule has 86 valence electrons. The van der Waals surface area contributed by atoms with Crippen LogP contribution in [0.3, 0.4) is 0 Å². The number of amides is 1. The molecule has 1 aliphatic rings. The van der Waals surface area contributed by atoms with Gasteiger partial charge in [0.05, 0.1) is 6.04 Å². The minimum atomic E-state index is -1.03. The second-order valence-corrected chi connectivity index (χ2v) is 3.60. The maximum absolute atomic E-state index is 12.5. The number of rotatable bonds is 2. The number of halogens is 1. The summed E-state index contributed by atoms with van der Waals surface area (Å²) in [5, 5.41) is 18.0. The first-order valence-electron chi connectivity index (χ1n) is 4.89. The summed E-state index contributed by atoms with van der Waals surface area (Å²) in [5.41, 5.74) is 0. The fraction of sp³-hybridized carbons (Fsp3) is 0.444. The molecule has 1 amide bonds. The molecule has 0 unspecified atom stereocenters. The number of carboxylic acid groups (broad SMARTS) is 1. The summed E-state index contributed by atoms with van der Waals surface area (Å²) in [6.45, 7) is 1.22. The largest absolute Gasteiger partial charge is 0.465 e. The van der Waals surface area contributed by atoms with Gasteiger partial charge in [-0.05, 0) is 18.6 Å². The first-order chi connectivity index (χ1) is 7.65. The molecule has 16 heavy (non-hydrogen) atoms. The lowest BCUT2D eigenvalue weighted by molar-refractivity contribution is 0.191. The number of hydrogen-bond acceptors (Lipinski definition) is 4. The molecule has 0 aromatic carbocycles. The summed E-state index contributed by atoms with van der Waals surface area (Å²) in [6, 6.07) is 2.66. The summed E-state index contributed by atoms with van der Waals surface area (Å²) >= 11 is 0. The van der Waals surface area contributed by atoms with E-state index in [1.807, 2.05) is 4.90 Å². The number of aromatic nitrogens is 2. The Morgan fingerprint density at radius 1 is 1.56 bits per heavy atom. The maximum atomic E-state index is 12.5. The van der Waals surface area contributed by atoms with Crippen LogP contribution in [0.2, 0.25) is 0 Å². The van der Waals surface area contributed by atoms with Crippen molar-refractivity contribution in [2.24, 2.45) is 0 Å². The van der Waals surface area contributed by atoms with Crippen molar-refractivity contribution in [1.29, 1.82) is 0 Å². The average molecular weight is 226 g/mol. The lowest BCUT2D eigenvalue weighted by atomic mass is 10.3. The zero-order chi connectivity index (χ0) is 11.5. The van der Waals surface area contributed by atoms with Crippen LogP contribution < -0.4 is 10.2 Å². The molecular weight excluding hydrogens is 215 g/mol. The van der Waals surface area contributed by atoms with E-state index in [0.29, 0.717) is 25.3 Å². The number of nitrogens with zero attached hydrogens (tertiary/aromatic N) is 3. The van der Waals surface area contributed by atoms with Crippen molar-refractivity contribution in [2.75, 3.05) is 18.0 Å². The molecule has 0 spiro atoms. The van der Waals surface area contributed by atoms with E-state index in [-0.39, 0.29) is 6.04 Å². The first kappa shape index (κ1) is 10.6. The van der Waals surface area contributed by atoms with Crippen LogP contribution >= 0.6 is 0 Å². The second-order valence-electron chi connectivity index (χ2n) is 3.60. The number of nitrogens with one attached hydrogen (secondary N) is 1. The highest BCUT2D eigenvalue weighted by Gasteiger charge is 2.24. The molecule has 2 rings (SSSR count). The predicted molar refractivity (Wildman–Crippen MR) is 53.8 cm³/mol. The molecule has 1 saturated heterocycles. The molecule has 1 aliphatic heterocycles. The van der Waals surface area contributed by atoms with Crippen molar-refractivity contribution < 1.29 is 14.3 Å². The van der Waals surface area contributed by atoms with Gasteiger partial charge in [0.25, 0.3) is 0 Å². The van der Waals surface area contributed by atoms with E-state index in [4.69, 9.17) is 5.11 Å². The lowest BCUT2D eigenvalue weighted by Gasteiger charge is -2.16. The Labute approximate surface area is 91.1 Å². The maximum Gasteiger partial charge on any atom is 0.404 e. The number of anilines is 1. The van der Waals surface area contributed by atoms with E-state index in [1.54, 1.807) is 0 Å². The van der Waals surface area contributed by atoms with Gasteiger partial charge in [-0.1, -0.05) is 0 Å². The van der Waals surface area contributed by atoms with E-state index in [0.717, 1.165) is 0 Å². The van der Waals surface area contributed by atoms with Gasteiger partial charge in [0.2, 0.25) is 5.95 Å². The van der Waals surface area contributed by atoms with E-state index in [1.165, 1.54) is 12.1 Å². The highest BCUT2D eigenvalue weighted by Crippen LogP contribution is 2.16. The monoisotopic (exact) mass is 226 g/mol. The predicted octanol–water partition coefficient (Wildman–Crippen LogP) is 0.462. The summed E-state index contributed by atoms with van der Waals surface area (Å²) < 4.78 is 12.5. The Morgan fingerprint density at radius 2 is 2.38 bits per heavy atom. The molecule has 6 nitrogen and oxygen atoms in total. The minimum Gasteiger partial charge on any atom is -0.465 e. The van der Waals surface area contributed by atoms with Crippen LogP contribution in [-0.4, -0.2) is 40.5 Å². The molecular formula is C9H11FN4O2. The van der Waals surface area contributed by atoms with E-state index >= 15 is 0 Å². The van der Waals surface area contributed by atoms with E-state index in [2.05, 4.69) is 15.5 Å². The van der Waals surface area contributed by atoms with Crippen LogP contribution in [0.5, 0.6) is 0 Å². The molecule has 1 atom stereocenters. The fourth-order valence-corrected chi connectivity index (χ4v) is 1.74. The van der Waals surface area contributed by atoms with Crippen LogP contribution in [0, 0.1) is 5.95 Å². The Bertz CT molecular complexity index is 384. The molecule has 0 saturated carbocycles. The van der Waals surface area contributed by atoms with Gasteiger partial charge < -0.3 is 15.3 Å². The van der Waals surface area contributed by atoms with Crippen LogP contribution in [0.1, 0.15) is 6.42 Å². The van der Waals surface area contributed by atoms with Crippen molar-refractivity contribution in [1.82, 2.24) is 15.5 Å². The van der Waals surface area contributed by atoms with Gasteiger partial charge in [0.1, 0.15) is 0 Å². The van der Waals surface area contributed by atoms with Gasteiger partial charge in [-0.15, -0.1) is 10.2 Å². The first-order valence-corrected chi connectivity index (χ1v) is 4.89. The Kier molecular flexibility index (Phi) is 2.84. The van der Waals surface area contributed by atoms with Crippen LogP contribution in [0.25, 0.3) is 0 Å². The van der Waals surface area contributed by atoms with Gasteiger partial charge in [0.15, 0.2) is 5.82 Å². The normalized spacial score (nSPS) is 19.8. The summed E-state index contributed by atoms with van der Waals surface area (Å²) in [5.74, 6) is -0.0563. The number of hydrogen-bond donors (Lipinski definition) is 2. The Balaban J connectivity index is 1.98. The van der Waals surface area contributed by atoms with Gasteiger partial charge in [0, 0.05) is 13.1 Å². The smallest absolute Gasteiger partial charge is 0.404 e. The third-order valence-corrected chi connectivity index (χ3v) is 2.46. The molecule has 2 N–H and O–H groups in total. The lowest BCUT2D eigenvalue weighted by Crippen LogP contribution is -2.36. The van der Waals surface area contributed by atoms with E-state index in [9.17, 15) is 9.18 Å². The second kappa shape index (κ2) is 4.30. The highest BCUT2D eigenvalue weighted by atomic mass is 19.1. The Hall–Kier alpha value is -1.92. The van der Waals surface area contributed by atoms with Gasteiger partial charge in [-0.2, -0.15) is 4.39 Å². The van der Waals surface area contributed by atoms with Crippen molar-refractivity contribution in [3.8, 4) is 0 Å². The molecule has 2 heterocycles. The van der Waals surface area contributed by atoms with Gasteiger partial charge in [-0.3, -0.25) is 0 Å². The van der Waals surface area contributed by atoms with Gasteiger partial charge >= 0.3 is 6.09 Å². The molecule has 7 heteroatoms. The zero-order valence-corrected chi connectivity index (χ0v) is 8.43. The summed E-state index contributed by atoms with van der Waals surface area (Å²) in [6.07, 6.45) is -0.317. The number of carbonyl (C=O) groups is 1. The van der Waals surface area contributed by atoms with Crippen molar-refractivity contribution in [3.05, 3.63) is 18.1 Å². The van der Waals surface area contributed by atoms with Crippen molar-refractivity contribution in [2.45, 2.75) is 12.5 Å². The summed E-state index contributed by atoms with van der Waals surface area (Å²) in [7, 11) is 0. The quantitative estimate of drug-likeness (QED) is 0.766. The van der Waals surface area contributed by atoms with Crippen LogP contribution in [0.4, 0.5) is 15.0 Å². The molecule has 1 fully saturated rings. The topological polar surface area (TPSA) is 78.4 Å². The molecule has 0 aliphatic carbocycles. The fourth-order valence-electron chi connectivity index (χ4n) is 1.74. The van der Waals surface area contributed by atoms with Crippen molar-refractivity contribution in [3.63, 3.8) is 0 Å². The van der Waals surface area contributed by atoms with E-state index < -0.39 is 12.0 Å². The zero-order valence-electron chi connectivity index (χ0n) is 8.43. The molecule has 0 bridgehead atoms.